The molecule has 0 saturated carbocycles. The molecule has 0 heterocycles. The van der Waals surface area contributed by atoms with Gasteiger partial charge in [0.25, 0.3) is 0 Å². The van der Waals surface area contributed by atoms with Gasteiger partial charge < -0.3 is 15.1 Å². The summed E-state index contributed by atoms with van der Waals surface area (Å²) in [7, 11) is 6.42. The Balaban J connectivity index is 2.76. The van der Waals surface area contributed by atoms with Gasteiger partial charge in [-0.05, 0) is 65.5 Å². The second-order valence-corrected chi connectivity index (χ2v) is 7.87. The number of hydrogen-bond donors (Lipinski definition) is 1. The summed E-state index contributed by atoms with van der Waals surface area (Å²) in [6.45, 7) is 9.68. The number of anilines is 1. The van der Waals surface area contributed by atoms with E-state index in [-0.39, 0.29) is 5.54 Å². The van der Waals surface area contributed by atoms with Crippen molar-refractivity contribution < 1.29 is 0 Å². The van der Waals surface area contributed by atoms with Crippen LogP contribution < -0.4 is 10.2 Å². The Morgan fingerprint density at radius 3 is 2.33 bits per heavy atom. The van der Waals surface area contributed by atoms with E-state index in [2.05, 4.69) is 91.2 Å². The van der Waals surface area contributed by atoms with Crippen molar-refractivity contribution in [3.63, 3.8) is 0 Å². The first-order chi connectivity index (χ1) is 9.69. The molecule has 1 N–H and O–H groups in total. The zero-order chi connectivity index (χ0) is 16.0. The van der Waals surface area contributed by atoms with E-state index < -0.39 is 0 Å². The third-order valence-corrected chi connectivity index (χ3v) is 3.86. The van der Waals surface area contributed by atoms with Crippen LogP contribution in [-0.2, 0) is 6.54 Å². The van der Waals surface area contributed by atoms with Gasteiger partial charge in [-0.15, -0.1) is 0 Å². The molecular weight excluding hydrogens is 326 g/mol. The number of rotatable bonds is 7. The van der Waals surface area contributed by atoms with Gasteiger partial charge in [-0.3, -0.25) is 0 Å². The average molecular weight is 356 g/mol. The van der Waals surface area contributed by atoms with E-state index in [1.54, 1.807) is 0 Å². The van der Waals surface area contributed by atoms with Crippen molar-refractivity contribution in [1.29, 1.82) is 0 Å². The molecule has 0 spiro atoms. The van der Waals surface area contributed by atoms with Crippen molar-refractivity contribution in [3.05, 3.63) is 28.2 Å². The number of nitrogens with zero attached hydrogens (tertiary/aromatic N) is 2. The van der Waals surface area contributed by atoms with Crippen molar-refractivity contribution in [2.45, 2.75) is 39.3 Å². The Hall–Kier alpha value is -0.580. The lowest BCUT2D eigenvalue weighted by molar-refractivity contribution is 0.401. The second-order valence-electron chi connectivity index (χ2n) is 6.95. The van der Waals surface area contributed by atoms with Gasteiger partial charge in [-0.25, -0.2) is 0 Å². The SMILES string of the molecule is CN(C)CCCN(C)c1cc(Br)ccc1CNC(C)(C)C. The van der Waals surface area contributed by atoms with Crippen molar-refractivity contribution in [3.8, 4) is 0 Å². The van der Waals surface area contributed by atoms with Crippen LogP contribution in [0.4, 0.5) is 5.69 Å². The minimum atomic E-state index is 0.133. The molecule has 0 radical (unpaired) electrons. The van der Waals surface area contributed by atoms with Gasteiger partial charge in [0.05, 0.1) is 0 Å². The van der Waals surface area contributed by atoms with E-state index >= 15 is 0 Å². The Morgan fingerprint density at radius 2 is 1.76 bits per heavy atom. The first-order valence-corrected chi connectivity index (χ1v) is 8.37. The molecule has 3 nitrogen and oxygen atoms in total. The zero-order valence-corrected chi connectivity index (χ0v) is 15.9. The number of nitrogens with one attached hydrogen (secondary N) is 1. The van der Waals surface area contributed by atoms with Crippen LogP contribution in [-0.4, -0.2) is 44.7 Å². The Kier molecular flexibility index (Phi) is 7.17. The van der Waals surface area contributed by atoms with E-state index in [1.165, 1.54) is 17.7 Å². The molecular formula is C17H30BrN3. The van der Waals surface area contributed by atoms with E-state index in [9.17, 15) is 0 Å². The van der Waals surface area contributed by atoms with Crippen LogP contribution in [0.2, 0.25) is 0 Å². The summed E-state index contributed by atoms with van der Waals surface area (Å²) in [5.74, 6) is 0. The summed E-state index contributed by atoms with van der Waals surface area (Å²) in [5.41, 5.74) is 2.79. The zero-order valence-electron chi connectivity index (χ0n) is 14.3. The van der Waals surface area contributed by atoms with Gasteiger partial charge in [0.15, 0.2) is 0 Å². The van der Waals surface area contributed by atoms with E-state index in [4.69, 9.17) is 0 Å². The first-order valence-electron chi connectivity index (χ1n) is 7.58. The van der Waals surface area contributed by atoms with Crippen molar-refractivity contribution in [2.75, 3.05) is 39.1 Å². The van der Waals surface area contributed by atoms with Crippen molar-refractivity contribution >= 4 is 21.6 Å². The molecule has 0 aliphatic carbocycles. The Morgan fingerprint density at radius 1 is 1.10 bits per heavy atom. The van der Waals surface area contributed by atoms with Crippen LogP contribution in [0.1, 0.15) is 32.8 Å². The maximum atomic E-state index is 3.59. The quantitative estimate of drug-likeness (QED) is 0.803. The Bertz CT molecular complexity index is 438. The molecule has 0 fully saturated rings. The van der Waals surface area contributed by atoms with Crippen LogP contribution in [0, 0.1) is 0 Å². The lowest BCUT2D eigenvalue weighted by atomic mass is 10.1. The fourth-order valence-corrected chi connectivity index (χ4v) is 2.50. The van der Waals surface area contributed by atoms with Gasteiger partial charge in [-0.2, -0.15) is 0 Å². The minimum Gasteiger partial charge on any atom is -0.374 e. The maximum Gasteiger partial charge on any atom is 0.0420 e. The summed E-state index contributed by atoms with van der Waals surface area (Å²) in [6.07, 6.45) is 1.17. The van der Waals surface area contributed by atoms with Gasteiger partial charge in [0, 0.05) is 35.8 Å². The second kappa shape index (κ2) is 8.16. The van der Waals surface area contributed by atoms with E-state index in [1.807, 2.05) is 0 Å². The third-order valence-electron chi connectivity index (χ3n) is 3.37. The summed E-state index contributed by atoms with van der Waals surface area (Å²) in [4.78, 5) is 4.59. The van der Waals surface area contributed by atoms with E-state index in [0.717, 1.165) is 24.1 Å². The summed E-state index contributed by atoms with van der Waals surface area (Å²) in [6, 6.07) is 6.55. The molecule has 0 amide bonds. The standard InChI is InChI=1S/C17H30BrN3/c1-17(2,3)19-13-14-8-9-15(18)12-16(14)21(6)11-7-10-20(4)5/h8-9,12,19H,7,10-11,13H2,1-6H3. The van der Waals surface area contributed by atoms with Gasteiger partial charge >= 0.3 is 0 Å². The normalized spacial score (nSPS) is 12.0. The molecule has 4 heteroatoms. The number of hydrogen-bond acceptors (Lipinski definition) is 3. The Labute approximate surface area is 138 Å². The molecule has 0 unspecified atom stereocenters. The van der Waals surface area contributed by atoms with Gasteiger partial charge in [-0.1, -0.05) is 22.0 Å². The molecule has 1 aromatic carbocycles. The van der Waals surface area contributed by atoms with Crippen LogP contribution >= 0.6 is 15.9 Å². The highest BCUT2D eigenvalue weighted by atomic mass is 79.9. The van der Waals surface area contributed by atoms with E-state index in [0.29, 0.717) is 0 Å². The highest BCUT2D eigenvalue weighted by molar-refractivity contribution is 9.10. The fraction of sp³-hybridized carbons (Fsp3) is 0.647. The topological polar surface area (TPSA) is 18.5 Å². The van der Waals surface area contributed by atoms with Crippen LogP contribution in [0.5, 0.6) is 0 Å². The molecule has 21 heavy (non-hydrogen) atoms. The molecule has 1 rings (SSSR count). The van der Waals surface area contributed by atoms with Gasteiger partial charge in [0.2, 0.25) is 0 Å². The van der Waals surface area contributed by atoms with Crippen molar-refractivity contribution in [2.24, 2.45) is 0 Å². The average Bonchev–Trinajstić information content (AvgIpc) is 2.35. The number of halogens is 1. The monoisotopic (exact) mass is 355 g/mol. The molecule has 0 atom stereocenters. The summed E-state index contributed by atoms with van der Waals surface area (Å²) in [5, 5.41) is 3.58. The lowest BCUT2D eigenvalue weighted by Gasteiger charge is -2.26. The fourth-order valence-electron chi connectivity index (χ4n) is 2.15. The summed E-state index contributed by atoms with van der Waals surface area (Å²) >= 11 is 3.59. The van der Waals surface area contributed by atoms with Gasteiger partial charge in [0.1, 0.15) is 0 Å². The lowest BCUT2D eigenvalue weighted by Crippen LogP contribution is -2.35. The molecule has 0 saturated heterocycles. The predicted molar refractivity (Wildman–Crippen MR) is 97.2 cm³/mol. The number of benzene rings is 1. The third kappa shape index (κ3) is 7.30. The molecule has 1 aromatic rings. The van der Waals surface area contributed by atoms with Crippen LogP contribution in [0.15, 0.2) is 22.7 Å². The molecule has 0 aliphatic heterocycles. The maximum absolute atomic E-state index is 3.59. The smallest absolute Gasteiger partial charge is 0.0420 e. The van der Waals surface area contributed by atoms with Crippen LogP contribution in [0.25, 0.3) is 0 Å². The predicted octanol–water partition coefficient (Wildman–Crippen LogP) is 3.73. The summed E-state index contributed by atoms with van der Waals surface area (Å²) < 4.78 is 1.14. The molecule has 120 valence electrons. The van der Waals surface area contributed by atoms with Crippen molar-refractivity contribution in [1.82, 2.24) is 10.2 Å². The minimum absolute atomic E-state index is 0.133. The molecule has 0 aliphatic rings. The molecule has 0 bridgehead atoms. The first kappa shape index (κ1) is 18.5. The highest BCUT2D eigenvalue weighted by Crippen LogP contribution is 2.25. The highest BCUT2D eigenvalue weighted by Gasteiger charge is 2.12. The van der Waals surface area contributed by atoms with Crippen LogP contribution in [0.3, 0.4) is 0 Å². The largest absolute Gasteiger partial charge is 0.374 e. The molecule has 0 aromatic heterocycles.